The minimum absolute atomic E-state index is 0.0678. The zero-order chi connectivity index (χ0) is 12.6. The number of hydrogen-bond donors (Lipinski definition) is 0. The van der Waals surface area contributed by atoms with Crippen LogP contribution in [0.25, 0.3) is 0 Å². The van der Waals surface area contributed by atoms with Crippen molar-refractivity contribution in [3.63, 3.8) is 0 Å². The summed E-state index contributed by atoms with van der Waals surface area (Å²) in [6.45, 7) is 2.98. The summed E-state index contributed by atoms with van der Waals surface area (Å²) in [6.07, 6.45) is 2.83. The third kappa shape index (κ3) is 2.57. The van der Waals surface area contributed by atoms with Gasteiger partial charge in [0.15, 0.2) is 0 Å². The molecule has 17 heavy (non-hydrogen) atoms. The van der Waals surface area contributed by atoms with Gasteiger partial charge in [0.05, 0.1) is 0 Å². The highest BCUT2D eigenvalue weighted by atomic mass is 16.2. The van der Waals surface area contributed by atoms with Crippen molar-refractivity contribution in [2.45, 2.75) is 13.3 Å². The first-order chi connectivity index (χ1) is 7.99. The number of amides is 1. The Labute approximate surface area is 101 Å². The molecule has 0 spiro atoms. The fraction of sp³-hybridized carbons (Fsp3) is 0.538. The van der Waals surface area contributed by atoms with Crippen LogP contribution >= 0.6 is 0 Å². The van der Waals surface area contributed by atoms with Gasteiger partial charge >= 0.3 is 0 Å². The Bertz CT molecular complexity index is 492. The van der Waals surface area contributed by atoms with Crippen molar-refractivity contribution in [2.24, 2.45) is 18.9 Å². The average Bonchev–Trinajstić information content (AvgIpc) is 2.97. The number of carbonyl (C=O) groups excluding carboxylic acids is 1. The maximum atomic E-state index is 12.1. The van der Waals surface area contributed by atoms with E-state index in [4.69, 9.17) is 0 Å². The third-order valence-corrected chi connectivity index (χ3v) is 3.48. The van der Waals surface area contributed by atoms with Crippen LogP contribution in [0.15, 0.2) is 23.1 Å². The summed E-state index contributed by atoms with van der Waals surface area (Å²) >= 11 is 0. The highest BCUT2D eigenvalue weighted by molar-refractivity contribution is 5.93. The van der Waals surface area contributed by atoms with Gasteiger partial charge in [-0.1, -0.05) is 6.92 Å². The van der Waals surface area contributed by atoms with Gasteiger partial charge in [0.25, 0.3) is 11.5 Å². The fourth-order valence-corrected chi connectivity index (χ4v) is 1.99. The number of carbonyl (C=O) groups is 1. The second-order valence-electron chi connectivity index (χ2n) is 5.02. The zero-order valence-corrected chi connectivity index (χ0v) is 10.5. The van der Waals surface area contributed by atoms with Crippen LogP contribution in [0.5, 0.6) is 0 Å². The molecule has 0 aliphatic heterocycles. The Morgan fingerprint density at radius 2 is 2.24 bits per heavy atom. The Balaban J connectivity index is 2.07. The summed E-state index contributed by atoms with van der Waals surface area (Å²) in [5.74, 6) is 1.30. The molecule has 2 rings (SSSR count). The highest BCUT2D eigenvalue weighted by Gasteiger charge is 2.34. The van der Waals surface area contributed by atoms with Gasteiger partial charge in [-0.25, -0.2) is 0 Å². The lowest BCUT2D eigenvalue weighted by Crippen LogP contribution is -2.30. The van der Waals surface area contributed by atoms with E-state index in [-0.39, 0.29) is 11.5 Å². The van der Waals surface area contributed by atoms with Crippen LogP contribution in [-0.2, 0) is 7.05 Å². The van der Waals surface area contributed by atoms with E-state index in [0.717, 1.165) is 12.5 Å². The standard InChI is InChI=1S/C13H18N2O2/c1-9-6-11(9)8-15(3)13(17)10-4-5-14(2)12(16)7-10/h4-5,7,9,11H,6,8H2,1-3H3. The molecule has 0 N–H and O–H groups in total. The molecule has 1 amide bonds. The molecule has 1 aromatic rings. The second kappa shape index (κ2) is 4.35. The summed E-state index contributed by atoms with van der Waals surface area (Å²) in [5, 5.41) is 0. The average molecular weight is 234 g/mol. The summed E-state index contributed by atoms with van der Waals surface area (Å²) in [6, 6.07) is 3.09. The molecular weight excluding hydrogens is 216 g/mol. The molecule has 1 aliphatic carbocycles. The van der Waals surface area contributed by atoms with Crippen molar-refractivity contribution in [1.29, 1.82) is 0 Å². The quantitative estimate of drug-likeness (QED) is 0.786. The molecule has 92 valence electrons. The van der Waals surface area contributed by atoms with E-state index in [1.54, 1.807) is 31.3 Å². The first kappa shape index (κ1) is 11.9. The first-order valence-corrected chi connectivity index (χ1v) is 5.91. The van der Waals surface area contributed by atoms with Gasteiger partial charge in [0, 0.05) is 38.5 Å². The minimum Gasteiger partial charge on any atom is -0.341 e. The second-order valence-corrected chi connectivity index (χ2v) is 5.02. The van der Waals surface area contributed by atoms with E-state index in [9.17, 15) is 9.59 Å². The Kier molecular flexibility index (Phi) is 3.05. The monoisotopic (exact) mass is 234 g/mol. The molecule has 2 unspecified atom stereocenters. The first-order valence-electron chi connectivity index (χ1n) is 5.91. The normalized spacial score (nSPS) is 22.3. The van der Waals surface area contributed by atoms with Crippen LogP contribution in [0, 0.1) is 11.8 Å². The van der Waals surface area contributed by atoms with E-state index >= 15 is 0 Å². The lowest BCUT2D eigenvalue weighted by atomic mass is 10.2. The van der Waals surface area contributed by atoms with Crippen molar-refractivity contribution >= 4 is 5.91 Å². The lowest BCUT2D eigenvalue weighted by Gasteiger charge is -2.17. The SMILES string of the molecule is CC1CC1CN(C)C(=O)c1ccn(C)c(=O)c1. The molecule has 1 heterocycles. The molecular formula is C13H18N2O2. The van der Waals surface area contributed by atoms with Crippen LogP contribution in [0.1, 0.15) is 23.7 Å². The predicted octanol–water partition coefficient (Wildman–Crippen LogP) is 1.11. The number of aryl methyl sites for hydroxylation is 1. The number of nitrogens with zero attached hydrogens (tertiary/aromatic N) is 2. The van der Waals surface area contributed by atoms with Gasteiger partial charge in [-0.2, -0.15) is 0 Å². The van der Waals surface area contributed by atoms with E-state index < -0.39 is 0 Å². The molecule has 0 saturated heterocycles. The smallest absolute Gasteiger partial charge is 0.253 e. The number of hydrogen-bond acceptors (Lipinski definition) is 2. The Morgan fingerprint density at radius 1 is 1.59 bits per heavy atom. The minimum atomic E-state index is -0.149. The van der Waals surface area contributed by atoms with Crippen LogP contribution in [0.3, 0.4) is 0 Å². The molecule has 1 aromatic heterocycles. The molecule has 1 fully saturated rings. The van der Waals surface area contributed by atoms with Gasteiger partial charge in [0.1, 0.15) is 0 Å². The predicted molar refractivity (Wildman–Crippen MR) is 65.9 cm³/mol. The highest BCUT2D eigenvalue weighted by Crippen LogP contribution is 2.38. The van der Waals surface area contributed by atoms with E-state index in [1.165, 1.54) is 17.1 Å². The van der Waals surface area contributed by atoms with Gasteiger partial charge in [-0.3, -0.25) is 9.59 Å². The third-order valence-electron chi connectivity index (χ3n) is 3.48. The Morgan fingerprint density at radius 3 is 2.76 bits per heavy atom. The van der Waals surface area contributed by atoms with Crippen molar-refractivity contribution in [3.05, 3.63) is 34.2 Å². The summed E-state index contributed by atoms with van der Waals surface area (Å²) in [4.78, 5) is 25.2. The van der Waals surface area contributed by atoms with Gasteiger partial charge in [0.2, 0.25) is 0 Å². The van der Waals surface area contributed by atoms with Gasteiger partial charge in [-0.05, 0) is 24.3 Å². The van der Waals surface area contributed by atoms with E-state index in [0.29, 0.717) is 11.5 Å². The van der Waals surface area contributed by atoms with Crippen LogP contribution in [0.4, 0.5) is 0 Å². The van der Waals surface area contributed by atoms with Crippen molar-refractivity contribution in [2.75, 3.05) is 13.6 Å². The topological polar surface area (TPSA) is 42.3 Å². The molecule has 4 nitrogen and oxygen atoms in total. The number of rotatable bonds is 3. The molecule has 1 aliphatic rings. The van der Waals surface area contributed by atoms with Gasteiger partial charge in [-0.15, -0.1) is 0 Å². The summed E-state index contributed by atoms with van der Waals surface area (Å²) in [7, 11) is 3.47. The summed E-state index contributed by atoms with van der Waals surface area (Å²) in [5.41, 5.74) is 0.327. The maximum absolute atomic E-state index is 12.1. The van der Waals surface area contributed by atoms with E-state index in [1.807, 2.05) is 0 Å². The van der Waals surface area contributed by atoms with Crippen molar-refractivity contribution in [1.82, 2.24) is 9.47 Å². The van der Waals surface area contributed by atoms with Crippen LogP contribution in [-0.4, -0.2) is 29.0 Å². The molecule has 0 aromatic carbocycles. The van der Waals surface area contributed by atoms with Gasteiger partial charge < -0.3 is 9.47 Å². The summed E-state index contributed by atoms with van der Waals surface area (Å²) < 4.78 is 1.46. The molecule has 2 atom stereocenters. The van der Waals surface area contributed by atoms with E-state index in [2.05, 4.69) is 6.92 Å². The van der Waals surface area contributed by atoms with Crippen molar-refractivity contribution in [3.8, 4) is 0 Å². The zero-order valence-electron chi connectivity index (χ0n) is 10.5. The molecule has 4 heteroatoms. The molecule has 0 radical (unpaired) electrons. The number of aromatic nitrogens is 1. The maximum Gasteiger partial charge on any atom is 0.253 e. The van der Waals surface area contributed by atoms with Crippen molar-refractivity contribution < 1.29 is 4.79 Å². The molecule has 0 bridgehead atoms. The Hall–Kier alpha value is -1.58. The van der Waals surface area contributed by atoms with Crippen LogP contribution in [0.2, 0.25) is 0 Å². The molecule has 1 saturated carbocycles. The fourth-order valence-electron chi connectivity index (χ4n) is 1.99. The largest absolute Gasteiger partial charge is 0.341 e. The number of pyridine rings is 1. The van der Waals surface area contributed by atoms with Crippen LogP contribution < -0.4 is 5.56 Å². The lowest BCUT2D eigenvalue weighted by molar-refractivity contribution is 0.0786.